The van der Waals surface area contributed by atoms with Gasteiger partial charge in [-0.3, -0.25) is 0 Å². The van der Waals surface area contributed by atoms with Crippen LogP contribution in [0.25, 0.3) is 0 Å². The molecule has 0 aliphatic rings. The summed E-state index contributed by atoms with van der Waals surface area (Å²) in [4.78, 5) is 1.91. The maximum Gasteiger partial charge on any atom is 0.147 e. The van der Waals surface area contributed by atoms with Gasteiger partial charge in [-0.25, -0.2) is 8.42 Å². The van der Waals surface area contributed by atoms with E-state index in [4.69, 9.17) is 0 Å². The van der Waals surface area contributed by atoms with Gasteiger partial charge in [-0.1, -0.05) is 0 Å². The van der Waals surface area contributed by atoms with E-state index in [-0.39, 0.29) is 5.75 Å². The van der Waals surface area contributed by atoms with Crippen LogP contribution in [-0.4, -0.2) is 69.8 Å². The number of hydrogen-bond donors (Lipinski definition) is 2. The molecule has 0 saturated heterocycles. The maximum atomic E-state index is 10.9. The summed E-state index contributed by atoms with van der Waals surface area (Å²) < 4.78 is 21.7. The molecule has 0 rings (SSSR count). The molecule has 1 unspecified atom stereocenters. The van der Waals surface area contributed by atoms with E-state index < -0.39 is 15.4 Å². The molecule has 5 nitrogen and oxygen atoms in total. The monoisotopic (exact) mass is 252 g/mol. The SMILES string of the molecule is CN(C)CC(C)(O)CNCCCS(C)(=O)=O. The molecule has 0 aromatic heterocycles. The van der Waals surface area contributed by atoms with Gasteiger partial charge in [0.05, 0.1) is 11.4 Å². The third-order valence-electron chi connectivity index (χ3n) is 2.03. The molecular formula is C10H24N2O3S. The number of nitrogens with zero attached hydrogens (tertiary/aromatic N) is 1. The highest BCUT2D eigenvalue weighted by atomic mass is 32.2. The standard InChI is InChI=1S/C10H24N2O3S/c1-10(13,9-12(2)3)8-11-6-5-7-16(4,14)15/h11,13H,5-9H2,1-4H3. The molecule has 0 aliphatic carbocycles. The number of sulfone groups is 1. The first-order valence-corrected chi connectivity index (χ1v) is 7.44. The van der Waals surface area contributed by atoms with Gasteiger partial charge in [-0.15, -0.1) is 0 Å². The van der Waals surface area contributed by atoms with Gasteiger partial charge < -0.3 is 15.3 Å². The van der Waals surface area contributed by atoms with Crippen molar-refractivity contribution >= 4 is 9.84 Å². The van der Waals surface area contributed by atoms with Crippen molar-refractivity contribution < 1.29 is 13.5 Å². The summed E-state index contributed by atoms with van der Waals surface area (Å²) in [6, 6.07) is 0. The van der Waals surface area contributed by atoms with E-state index in [0.29, 0.717) is 26.1 Å². The first kappa shape index (κ1) is 15.8. The first-order chi connectivity index (χ1) is 7.12. The van der Waals surface area contributed by atoms with Gasteiger partial charge in [0.1, 0.15) is 9.84 Å². The van der Waals surface area contributed by atoms with E-state index in [9.17, 15) is 13.5 Å². The van der Waals surface area contributed by atoms with Gasteiger partial charge in [-0.05, 0) is 34.0 Å². The lowest BCUT2D eigenvalue weighted by Gasteiger charge is -2.27. The van der Waals surface area contributed by atoms with Crippen molar-refractivity contribution in [2.45, 2.75) is 18.9 Å². The molecule has 16 heavy (non-hydrogen) atoms. The smallest absolute Gasteiger partial charge is 0.147 e. The Bertz CT molecular complexity index is 286. The number of nitrogens with one attached hydrogen (secondary N) is 1. The Kier molecular flexibility index (Phi) is 6.47. The number of hydrogen-bond acceptors (Lipinski definition) is 5. The van der Waals surface area contributed by atoms with Crippen molar-refractivity contribution in [2.75, 3.05) is 45.7 Å². The largest absolute Gasteiger partial charge is 0.388 e. The molecule has 6 heteroatoms. The van der Waals surface area contributed by atoms with Crippen LogP contribution in [0, 0.1) is 0 Å². The topological polar surface area (TPSA) is 69.6 Å². The molecule has 0 radical (unpaired) electrons. The predicted octanol–water partition coefficient (Wildman–Crippen LogP) is -0.677. The minimum atomic E-state index is -2.87. The normalized spacial score (nSPS) is 16.4. The van der Waals surface area contributed by atoms with Crippen molar-refractivity contribution in [3.05, 3.63) is 0 Å². The molecule has 98 valence electrons. The van der Waals surface area contributed by atoms with E-state index in [1.807, 2.05) is 19.0 Å². The molecule has 0 aliphatic heterocycles. The molecule has 0 aromatic carbocycles. The maximum absolute atomic E-state index is 10.9. The van der Waals surface area contributed by atoms with Crippen molar-refractivity contribution in [3.63, 3.8) is 0 Å². The second-order valence-electron chi connectivity index (χ2n) is 4.89. The van der Waals surface area contributed by atoms with Crippen molar-refractivity contribution in [1.29, 1.82) is 0 Å². The van der Waals surface area contributed by atoms with Gasteiger partial charge >= 0.3 is 0 Å². The highest BCUT2D eigenvalue weighted by molar-refractivity contribution is 7.90. The van der Waals surface area contributed by atoms with Crippen LogP contribution < -0.4 is 5.32 Å². The second-order valence-corrected chi connectivity index (χ2v) is 7.15. The molecule has 2 N–H and O–H groups in total. The van der Waals surface area contributed by atoms with Crippen LogP contribution in [0.1, 0.15) is 13.3 Å². The van der Waals surface area contributed by atoms with Gasteiger partial charge in [0.15, 0.2) is 0 Å². The Morgan fingerprint density at radius 2 is 1.94 bits per heavy atom. The van der Waals surface area contributed by atoms with Crippen molar-refractivity contribution in [2.24, 2.45) is 0 Å². The number of rotatable bonds is 8. The molecule has 0 heterocycles. The molecule has 1 atom stereocenters. The van der Waals surface area contributed by atoms with Crippen molar-refractivity contribution in [3.8, 4) is 0 Å². The zero-order valence-corrected chi connectivity index (χ0v) is 11.5. The van der Waals surface area contributed by atoms with E-state index in [1.54, 1.807) is 6.92 Å². The Hall–Kier alpha value is -0.170. The zero-order valence-electron chi connectivity index (χ0n) is 10.7. The van der Waals surface area contributed by atoms with Crippen LogP contribution in [0.2, 0.25) is 0 Å². The van der Waals surface area contributed by atoms with E-state index in [0.717, 1.165) is 0 Å². The van der Waals surface area contributed by atoms with E-state index >= 15 is 0 Å². The highest BCUT2D eigenvalue weighted by Gasteiger charge is 2.20. The molecule has 0 fully saturated rings. The van der Waals surface area contributed by atoms with Crippen LogP contribution in [0.4, 0.5) is 0 Å². The third kappa shape index (κ3) is 10.4. The molecular weight excluding hydrogens is 228 g/mol. The summed E-state index contributed by atoms with van der Waals surface area (Å²) in [6.45, 7) is 3.41. The minimum absolute atomic E-state index is 0.190. The van der Waals surface area contributed by atoms with Gasteiger partial charge in [0.25, 0.3) is 0 Å². The fourth-order valence-electron chi connectivity index (χ4n) is 1.55. The van der Waals surface area contributed by atoms with Gasteiger partial charge in [0, 0.05) is 19.3 Å². The molecule has 0 amide bonds. The zero-order chi connectivity index (χ0) is 12.8. The van der Waals surface area contributed by atoms with Crippen molar-refractivity contribution in [1.82, 2.24) is 10.2 Å². The first-order valence-electron chi connectivity index (χ1n) is 5.38. The van der Waals surface area contributed by atoms with Crippen LogP contribution in [0.5, 0.6) is 0 Å². The Labute approximate surface area is 98.8 Å². The fourth-order valence-corrected chi connectivity index (χ4v) is 2.22. The summed E-state index contributed by atoms with van der Waals surface area (Å²) in [5, 5.41) is 13.0. The molecule has 0 bridgehead atoms. The van der Waals surface area contributed by atoms with Crippen LogP contribution >= 0.6 is 0 Å². The average molecular weight is 252 g/mol. The lowest BCUT2D eigenvalue weighted by atomic mass is 10.1. The van der Waals surface area contributed by atoms with Crippen LogP contribution in [0.3, 0.4) is 0 Å². The fraction of sp³-hybridized carbons (Fsp3) is 1.00. The summed E-state index contributed by atoms with van der Waals surface area (Å²) in [5.74, 6) is 0.190. The summed E-state index contributed by atoms with van der Waals surface area (Å²) in [6.07, 6.45) is 1.81. The summed E-state index contributed by atoms with van der Waals surface area (Å²) >= 11 is 0. The minimum Gasteiger partial charge on any atom is -0.388 e. The number of aliphatic hydroxyl groups is 1. The third-order valence-corrected chi connectivity index (χ3v) is 3.06. The van der Waals surface area contributed by atoms with Crippen LogP contribution in [-0.2, 0) is 9.84 Å². The lowest BCUT2D eigenvalue weighted by molar-refractivity contribution is 0.0341. The van der Waals surface area contributed by atoms with Gasteiger partial charge in [0.2, 0.25) is 0 Å². The Morgan fingerprint density at radius 3 is 2.38 bits per heavy atom. The molecule has 0 saturated carbocycles. The molecule has 0 aromatic rings. The second kappa shape index (κ2) is 6.54. The summed E-state index contributed by atoms with van der Waals surface area (Å²) in [5.41, 5.74) is -0.783. The van der Waals surface area contributed by atoms with Gasteiger partial charge in [-0.2, -0.15) is 0 Å². The average Bonchev–Trinajstić information content (AvgIpc) is 1.98. The highest BCUT2D eigenvalue weighted by Crippen LogP contribution is 2.02. The van der Waals surface area contributed by atoms with E-state index in [2.05, 4.69) is 5.32 Å². The lowest BCUT2D eigenvalue weighted by Crippen LogP contribution is -2.45. The summed E-state index contributed by atoms with van der Waals surface area (Å²) in [7, 11) is 0.932. The predicted molar refractivity (Wildman–Crippen MR) is 66.4 cm³/mol. The Morgan fingerprint density at radius 1 is 1.38 bits per heavy atom. The quantitative estimate of drug-likeness (QED) is 0.560. The van der Waals surface area contributed by atoms with Crippen LogP contribution in [0.15, 0.2) is 0 Å². The number of likely N-dealkylation sites (N-methyl/N-ethyl adjacent to an activating group) is 1. The Balaban J connectivity index is 3.66. The molecule has 0 spiro atoms. The van der Waals surface area contributed by atoms with E-state index in [1.165, 1.54) is 6.26 Å².